The molecule has 0 aliphatic carbocycles. The lowest BCUT2D eigenvalue weighted by atomic mass is 9.97. The van der Waals surface area contributed by atoms with Crippen LogP contribution in [0.1, 0.15) is 24.2 Å². The fraction of sp³-hybridized carbons (Fsp3) is 0.259. The van der Waals surface area contributed by atoms with E-state index in [1.165, 1.54) is 16.7 Å². The summed E-state index contributed by atoms with van der Waals surface area (Å²) >= 11 is 0. The second kappa shape index (κ2) is 9.37. The summed E-state index contributed by atoms with van der Waals surface area (Å²) in [5.41, 5.74) is 4.60. The average molecular weight is 426 g/mol. The van der Waals surface area contributed by atoms with Crippen LogP contribution < -0.4 is 4.74 Å². The average Bonchev–Trinajstić information content (AvgIpc) is 3.51. The molecule has 5 heteroatoms. The number of hydrogen-bond donors (Lipinski definition) is 0. The van der Waals surface area contributed by atoms with Crippen LogP contribution in [-0.4, -0.2) is 34.6 Å². The Morgan fingerprint density at radius 2 is 1.66 bits per heavy atom. The molecule has 5 rings (SSSR count). The summed E-state index contributed by atoms with van der Waals surface area (Å²) in [6, 6.07) is 27.0. The first-order valence-electron chi connectivity index (χ1n) is 11.1. The molecular weight excluding hydrogens is 398 g/mol. The van der Waals surface area contributed by atoms with Crippen molar-refractivity contribution in [2.45, 2.75) is 31.9 Å². The highest BCUT2D eigenvalue weighted by molar-refractivity contribution is 5.68. The van der Waals surface area contributed by atoms with Gasteiger partial charge in [0.05, 0.1) is 25.3 Å². The number of aromatic nitrogens is 3. The van der Waals surface area contributed by atoms with Crippen LogP contribution in [0.15, 0.2) is 78.9 Å². The molecule has 1 atom stereocenters. The lowest BCUT2D eigenvalue weighted by Crippen LogP contribution is -2.18. The fourth-order valence-corrected chi connectivity index (χ4v) is 4.42. The molecule has 1 aliphatic rings. The van der Waals surface area contributed by atoms with Crippen molar-refractivity contribution in [3.63, 3.8) is 0 Å². The van der Waals surface area contributed by atoms with E-state index >= 15 is 0 Å². The summed E-state index contributed by atoms with van der Waals surface area (Å²) in [6.45, 7) is 1.56. The molecule has 4 aromatic rings. The van der Waals surface area contributed by atoms with Crippen molar-refractivity contribution in [2.75, 3.05) is 13.7 Å². The Morgan fingerprint density at radius 3 is 2.44 bits per heavy atom. The zero-order chi connectivity index (χ0) is 21.8. The normalized spacial score (nSPS) is 15.7. The fourth-order valence-electron chi connectivity index (χ4n) is 4.42. The first-order chi connectivity index (χ1) is 15.8. The van der Waals surface area contributed by atoms with E-state index in [2.05, 4.69) is 63.3 Å². The lowest BCUT2D eigenvalue weighted by molar-refractivity contribution is 0.0966. The molecule has 1 unspecified atom stereocenters. The Bertz CT molecular complexity index is 1180. The molecule has 32 heavy (non-hydrogen) atoms. The first-order valence-corrected chi connectivity index (χ1v) is 11.1. The van der Waals surface area contributed by atoms with Crippen LogP contribution in [-0.2, 0) is 17.7 Å². The highest BCUT2D eigenvalue weighted by atomic mass is 16.5. The van der Waals surface area contributed by atoms with Gasteiger partial charge in [-0.25, -0.2) is 0 Å². The molecule has 1 saturated heterocycles. The Kier molecular flexibility index (Phi) is 5.99. The number of benzene rings is 3. The molecule has 2 heterocycles. The number of methoxy groups -OCH3 is 1. The molecule has 0 N–H and O–H groups in total. The van der Waals surface area contributed by atoms with Gasteiger partial charge in [0, 0.05) is 13.0 Å². The lowest BCUT2D eigenvalue weighted by Gasteiger charge is -2.17. The predicted octanol–water partition coefficient (Wildman–Crippen LogP) is 5.39. The van der Waals surface area contributed by atoms with Gasteiger partial charge in [-0.15, -0.1) is 10.2 Å². The number of nitrogens with zero attached hydrogens (tertiary/aromatic N) is 3. The van der Waals surface area contributed by atoms with E-state index in [-0.39, 0.29) is 6.10 Å². The second-order valence-electron chi connectivity index (χ2n) is 8.09. The standard InChI is InChI=1S/C27H27N3O2/c1-31-25-16-8-7-15-24(25)27-29-28-26(30(27)19-22-13-9-17-32-22)18-21-12-5-6-14-23(21)20-10-3-2-4-11-20/h2-8,10-12,14-16,22H,9,13,17-19H2,1H3. The topological polar surface area (TPSA) is 49.2 Å². The minimum absolute atomic E-state index is 0.183. The minimum atomic E-state index is 0.183. The largest absolute Gasteiger partial charge is 0.496 e. The SMILES string of the molecule is COc1ccccc1-c1nnc(Cc2ccccc2-c2ccccc2)n1CC1CCCO1. The summed E-state index contributed by atoms with van der Waals surface area (Å²) in [7, 11) is 1.69. The van der Waals surface area contributed by atoms with Crippen LogP contribution in [0.25, 0.3) is 22.5 Å². The van der Waals surface area contributed by atoms with Crippen LogP contribution in [0, 0.1) is 0 Å². The zero-order valence-electron chi connectivity index (χ0n) is 18.3. The monoisotopic (exact) mass is 425 g/mol. The van der Waals surface area contributed by atoms with Gasteiger partial charge in [-0.1, -0.05) is 66.7 Å². The van der Waals surface area contributed by atoms with Crippen LogP contribution in [0.5, 0.6) is 5.75 Å². The van der Waals surface area contributed by atoms with Crippen molar-refractivity contribution in [3.8, 4) is 28.3 Å². The first kappa shape index (κ1) is 20.5. The van der Waals surface area contributed by atoms with Crippen molar-refractivity contribution in [3.05, 3.63) is 90.3 Å². The molecule has 5 nitrogen and oxygen atoms in total. The highest BCUT2D eigenvalue weighted by Crippen LogP contribution is 2.31. The van der Waals surface area contributed by atoms with Crippen molar-refractivity contribution in [1.82, 2.24) is 14.8 Å². The summed E-state index contributed by atoms with van der Waals surface area (Å²) < 4.78 is 13.8. The van der Waals surface area contributed by atoms with Gasteiger partial charge in [0.1, 0.15) is 11.6 Å². The predicted molar refractivity (Wildman–Crippen MR) is 126 cm³/mol. The molecule has 0 saturated carbocycles. The number of rotatable bonds is 7. The van der Waals surface area contributed by atoms with Gasteiger partial charge in [-0.3, -0.25) is 0 Å². The van der Waals surface area contributed by atoms with E-state index in [1.54, 1.807) is 7.11 Å². The third-order valence-corrected chi connectivity index (χ3v) is 6.04. The molecule has 1 aromatic heterocycles. The smallest absolute Gasteiger partial charge is 0.167 e. The van der Waals surface area contributed by atoms with Gasteiger partial charge >= 0.3 is 0 Å². The number of para-hydroxylation sites is 1. The van der Waals surface area contributed by atoms with Gasteiger partial charge in [0.25, 0.3) is 0 Å². The van der Waals surface area contributed by atoms with Gasteiger partial charge in [-0.05, 0) is 41.7 Å². The second-order valence-corrected chi connectivity index (χ2v) is 8.09. The van der Waals surface area contributed by atoms with Crippen molar-refractivity contribution in [2.24, 2.45) is 0 Å². The Morgan fingerprint density at radius 1 is 0.906 bits per heavy atom. The van der Waals surface area contributed by atoms with Crippen LogP contribution in [0.3, 0.4) is 0 Å². The van der Waals surface area contributed by atoms with E-state index < -0.39 is 0 Å². The summed E-state index contributed by atoms with van der Waals surface area (Å²) in [6.07, 6.45) is 3.04. The molecule has 3 aromatic carbocycles. The minimum Gasteiger partial charge on any atom is -0.496 e. The summed E-state index contributed by atoms with van der Waals surface area (Å²) in [5, 5.41) is 9.25. The Labute approximate surface area is 188 Å². The van der Waals surface area contributed by atoms with E-state index in [1.807, 2.05) is 30.3 Å². The Balaban J connectivity index is 1.56. The molecule has 0 radical (unpaired) electrons. The van der Waals surface area contributed by atoms with Crippen LogP contribution in [0.2, 0.25) is 0 Å². The number of hydrogen-bond acceptors (Lipinski definition) is 4. The summed E-state index contributed by atoms with van der Waals surface area (Å²) in [5.74, 6) is 2.56. The quantitative estimate of drug-likeness (QED) is 0.398. The Hall–Kier alpha value is -3.44. The van der Waals surface area contributed by atoms with Crippen molar-refractivity contribution >= 4 is 0 Å². The van der Waals surface area contributed by atoms with E-state index in [0.29, 0.717) is 6.42 Å². The van der Waals surface area contributed by atoms with E-state index in [9.17, 15) is 0 Å². The maximum Gasteiger partial charge on any atom is 0.167 e. The van der Waals surface area contributed by atoms with E-state index in [0.717, 1.165) is 49.0 Å². The van der Waals surface area contributed by atoms with Gasteiger partial charge < -0.3 is 14.0 Å². The maximum absolute atomic E-state index is 5.96. The third-order valence-electron chi connectivity index (χ3n) is 6.04. The molecule has 0 amide bonds. The molecular formula is C27H27N3O2. The molecule has 0 bridgehead atoms. The van der Waals surface area contributed by atoms with Gasteiger partial charge in [-0.2, -0.15) is 0 Å². The van der Waals surface area contributed by atoms with Crippen molar-refractivity contribution in [1.29, 1.82) is 0 Å². The zero-order valence-corrected chi connectivity index (χ0v) is 18.3. The van der Waals surface area contributed by atoms with Crippen LogP contribution in [0.4, 0.5) is 0 Å². The van der Waals surface area contributed by atoms with Crippen LogP contribution >= 0.6 is 0 Å². The molecule has 1 aliphatic heterocycles. The maximum atomic E-state index is 5.96. The summed E-state index contributed by atoms with van der Waals surface area (Å²) in [4.78, 5) is 0. The van der Waals surface area contributed by atoms with Crippen molar-refractivity contribution < 1.29 is 9.47 Å². The van der Waals surface area contributed by atoms with Gasteiger partial charge in [0.2, 0.25) is 0 Å². The molecule has 162 valence electrons. The highest BCUT2D eigenvalue weighted by Gasteiger charge is 2.23. The van der Waals surface area contributed by atoms with E-state index in [4.69, 9.17) is 9.47 Å². The van der Waals surface area contributed by atoms with Gasteiger partial charge in [0.15, 0.2) is 5.82 Å². The number of ether oxygens (including phenoxy) is 2. The molecule has 1 fully saturated rings. The third kappa shape index (κ3) is 4.16. The molecule has 0 spiro atoms.